The average Bonchev–Trinajstić information content (AvgIpc) is 2.76. The van der Waals surface area contributed by atoms with Gasteiger partial charge in [0.2, 0.25) is 11.6 Å². The molecule has 34 heavy (non-hydrogen) atoms. The second-order valence-corrected chi connectivity index (χ2v) is 8.25. The highest BCUT2D eigenvalue weighted by molar-refractivity contribution is 7.89. The Kier molecular flexibility index (Phi) is 7.04. The molecule has 0 saturated heterocycles. The Morgan fingerprint density at radius 2 is 1.91 bits per heavy atom. The van der Waals surface area contributed by atoms with Gasteiger partial charge in [-0.3, -0.25) is 4.79 Å². The lowest BCUT2D eigenvalue weighted by Crippen LogP contribution is -2.22. The molecule has 0 spiro atoms. The Hall–Kier alpha value is -4.15. The van der Waals surface area contributed by atoms with E-state index in [2.05, 4.69) is 10.3 Å². The summed E-state index contributed by atoms with van der Waals surface area (Å²) in [5.74, 6) is -5.83. The van der Waals surface area contributed by atoms with E-state index in [9.17, 15) is 26.4 Å². The van der Waals surface area contributed by atoms with Crippen molar-refractivity contribution in [2.24, 2.45) is 5.14 Å². The quantitative estimate of drug-likeness (QED) is 0.515. The Bertz CT molecular complexity index is 1420. The van der Waals surface area contributed by atoms with Gasteiger partial charge in [-0.1, -0.05) is 0 Å². The van der Waals surface area contributed by atoms with Gasteiger partial charge in [-0.15, -0.1) is 0 Å². The first-order valence-corrected chi connectivity index (χ1v) is 10.8. The highest BCUT2D eigenvalue weighted by atomic mass is 32.2. The smallest absolute Gasteiger partial charge is 0.262 e. The zero-order valence-corrected chi connectivity index (χ0v) is 18.1. The van der Waals surface area contributed by atoms with Crippen LogP contribution < -0.4 is 19.9 Å². The number of aryl methyl sites for hydroxylation is 1. The fraction of sp³-hybridized carbons (Fsp3) is 0.0952. The van der Waals surface area contributed by atoms with Crippen molar-refractivity contribution in [2.45, 2.75) is 11.9 Å². The second-order valence-electron chi connectivity index (χ2n) is 6.74. The second kappa shape index (κ2) is 9.77. The predicted octanol–water partition coefficient (Wildman–Crippen LogP) is 3.14. The summed E-state index contributed by atoms with van der Waals surface area (Å²) in [6.45, 7) is 0.718. The van der Waals surface area contributed by atoms with Crippen molar-refractivity contribution < 1.29 is 35.9 Å². The van der Waals surface area contributed by atoms with E-state index in [1.54, 1.807) is 6.07 Å². The van der Waals surface area contributed by atoms with Crippen molar-refractivity contribution in [3.63, 3.8) is 0 Å². The van der Waals surface area contributed by atoms with Gasteiger partial charge in [0.15, 0.2) is 23.2 Å². The number of hydrogen-bond acceptors (Lipinski definition) is 7. The molecular formula is C21H15F3N4O5S. The Morgan fingerprint density at radius 1 is 1.18 bits per heavy atom. The number of rotatable bonds is 7. The molecule has 0 saturated carbocycles. The van der Waals surface area contributed by atoms with E-state index in [0.717, 1.165) is 36.4 Å². The third-order valence-corrected chi connectivity index (χ3v) is 5.03. The minimum Gasteiger partial charge on any atom is -0.481 e. The van der Waals surface area contributed by atoms with Crippen LogP contribution in [0.4, 0.5) is 18.9 Å². The van der Waals surface area contributed by atoms with Gasteiger partial charge in [0.25, 0.3) is 15.9 Å². The van der Waals surface area contributed by atoms with Crippen molar-refractivity contribution in [1.29, 1.82) is 5.26 Å². The van der Waals surface area contributed by atoms with E-state index < -0.39 is 51.5 Å². The molecule has 1 aromatic heterocycles. The molecule has 0 fully saturated rings. The molecule has 2 aromatic carbocycles. The number of pyridine rings is 1. The van der Waals surface area contributed by atoms with Crippen molar-refractivity contribution >= 4 is 21.6 Å². The van der Waals surface area contributed by atoms with Gasteiger partial charge in [-0.2, -0.15) is 9.65 Å². The first-order valence-electron chi connectivity index (χ1n) is 9.27. The van der Waals surface area contributed by atoms with E-state index >= 15 is 0 Å². The van der Waals surface area contributed by atoms with Gasteiger partial charge in [0, 0.05) is 6.07 Å². The number of primary sulfonamides is 1. The third-order valence-electron chi connectivity index (χ3n) is 4.22. The molecule has 0 bridgehead atoms. The van der Waals surface area contributed by atoms with Crippen LogP contribution in [-0.4, -0.2) is 25.9 Å². The van der Waals surface area contributed by atoms with Gasteiger partial charge < -0.3 is 14.8 Å². The number of halogens is 3. The highest BCUT2D eigenvalue weighted by Gasteiger charge is 2.19. The van der Waals surface area contributed by atoms with Crippen LogP contribution in [0.25, 0.3) is 0 Å². The molecule has 0 unspecified atom stereocenters. The molecular weight excluding hydrogens is 477 g/mol. The van der Waals surface area contributed by atoms with E-state index in [1.807, 2.05) is 0 Å². The normalized spacial score (nSPS) is 10.9. The van der Waals surface area contributed by atoms with Crippen molar-refractivity contribution in [3.8, 4) is 23.3 Å². The number of anilines is 1. The van der Waals surface area contributed by atoms with Crippen LogP contribution in [0.1, 0.15) is 11.3 Å². The Labute approximate surface area is 191 Å². The van der Waals surface area contributed by atoms with Gasteiger partial charge >= 0.3 is 0 Å². The monoisotopic (exact) mass is 492 g/mol. The molecule has 13 heteroatoms. The number of ether oxygens (including phenoxy) is 2. The highest BCUT2D eigenvalue weighted by Crippen LogP contribution is 2.33. The standard InChI is InChI=1S/C21H15F3N4O5S/c1-11-16(3-5-19(27-11)34(26,30)31)28-18(29)10-32-17-4-2-15(23)21(20(17)24)33-14-7-12(9-25)6-13(22)8-14/h2-8H,10H2,1H3,(H,28,29)(H2,26,30,31). The molecule has 3 rings (SSSR count). The van der Waals surface area contributed by atoms with E-state index in [4.69, 9.17) is 19.9 Å². The molecule has 0 atom stereocenters. The van der Waals surface area contributed by atoms with Gasteiger partial charge in [0.05, 0.1) is 23.0 Å². The molecule has 1 amide bonds. The fourth-order valence-electron chi connectivity index (χ4n) is 2.68. The fourth-order valence-corrected chi connectivity index (χ4v) is 3.20. The average molecular weight is 492 g/mol. The third kappa shape index (κ3) is 5.80. The Morgan fingerprint density at radius 3 is 2.56 bits per heavy atom. The lowest BCUT2D eigenvalue weighted by Gasteiger charge is -2.13. The number of benzene rings is 2. The maximum Gasteiger partial charge on any atom is 0.262 e. The summed E-state index contributed by atoms with van der Waals surface area (Å²) in [6.07, 6.45) is 0. The number of nitrogens with one attached hydrogen (secondary N) is 1. The number of carbonyl (C=O) groups excluding carboxylic acids is 1. The summed E-state index contributed by atoms with van der Waals surface area (Å²) in [4.78, 5) is 16.0. The lowest BCUT2D eigenvalue weighted by molar-refractivity contribution is -0.118. The van der Waals surface area contributed by atoms with E-state index in [1.165, 1.54) is 13.0 Å². The molecule has 3 aromatic rings. The summed E-state index contributed by atoms with van der Waals surface area (Å²) >= 11 is 0. The Balaban J connectivity index is 1.73. The van der Waals surface area contributed by atoms with Crippen molar-refractivity contribution in [1.82, 2.24) is 4.98 Å². The zero-order valence-electron chi connectivity index (χ0n) is 17.3. The molecule has 1 heterocycles. The molecule has 3 N–H and O–H groups in total. The van der Waals surface area contributed by atoms with Crippen molar-refractivity contribution in [3.05, 3.63) is 71.2 Å². The van der Waals surface area contributed by atoms with Gasteiger partial charge in [-0.05, 0) is 43.3 Å². The summed E-state index contributed by atoms with van der Waals surface area (Å²) in [6, 6.07) is 8.60. The number of carbonyl (C=O) groups is 1. The van der Waals surface area contributed by atoms with Crippen LogP contribution in [0, 0.1) is 35.7 Å². The zero-order chi connectivity index (χ0) is 25.0. The lowest BCUT2D eigenvalue weighted by atomic mass is 10.2. The SMILES string of the molecule is Cc1nc(S(N)(=O)=O)ccc1NC(=O)COc1ccc(F)c(Oc2cc(F)cc(C#N)c2)c1F. The van der Waals surface area contributed by atoms with Crippen LogP contribution >= 0.6 is 0 Å². The summed E-state index contributed by atoms with van der Waals surface area (Å²) in [7, 11) is -4.03. The van der Waals surface area contributed by atoms with Crippen LogP contribution in [0.3, 0.4) is 0 Å². The first kappa shape index (κ1) is 24.5. The summed E-state index contributed by atoms with van der Waals surface area (Å²) in [5.41, 5.74) is 0.182. The van der Waals surface area contributed by atoms with Gasteiger partial charge in [-0.25, -0.2) is 27.3 Å². The number of aromatic nitrogens is 1. The minimum absolute atomic E-state index is 0.123. The molecule has 176 valence electrons. The number of hydrogen-bond donors (Lipinski definition) is 2. The van der Waals surface area contributed by atoms with E-state index in [-0.39, 0.29) is 27.7 Å². The predicted molar refractivity (Wildman–Crippen MR) is 112 cm³/mol. The number of nitriles is 1. The topological polar surface area (TPSA) is 144 Å². The van der Waals surface area contributed by atoms with Crippen LogP contribution in [-0.2, 0) is 14.8 Å². The molecule has 0 aliphatic carbocycles. The summed E-state index contributed by atoms with van der Waals surface area (Å²) < 4.78 is 75.3. The minimum atomic E-state index is -4.03. The maximum absolute atomic E-state index is 14.7. The van der Waals surface area contributed by atoms with Crippen LogP contribution in [0.5, 0.6) is 17.2 Å². The number of nitrogens with zero attached hydrogens (tertiary/aromatic N) is 2. The van der Waals surface area contributed by atoms with Crippen LogP contribution in [0.2, 0.25) is 0 Å². The molecule has 9 nitrogen and oxygen atoms in total. The van der Waals surface area contributed by atoms with E-state index in [0.29, 0.717) is 0 Å². The van der Waals surface area contributed by atoms with Crippen molar-refractivity contribution in [2.75, 3.05) is 11.9 Å². The summed E-state index contributed by atoms with van der Waals surface area (Å²) in [5, 5.41) is 15.9. The van der Waals surface area contributed by atoms with Crippen LogP contribution in [0.15, 0.2) is 47.5 Å². The number of amides is 1. The van der Waals surface area contributed by atoms with Gasteiger partial charge in [0.1, 0.15) is 11.6 Å². The number of nitrogens with two attached hydrogens (primary N) is 1. The maximum atomic E-state index is 14.7. The molecule has 0 radical (unpaired) electrons. The first-order chi connectivity index (χ1) is 16.0. The molecule has 0 aliphatic heterocycles. The largest absolute Gasteiger partial charge is 0.481 e. The number of sulfonamides is 1. The molecule has 0 aliphatic rings.